The summed E-state index contributed by atoms with van der Waals surface area (Å²) < 4.78 is 5.84. The molecule has 2 atom stereocenters. The molecule has 4 rings (SSSR count). The Morgan fingerprint density at radius 1 is 1.15 bits per heavy atom. The Bertz CT molecular complexity index is 972. The zero-order chi connectivity index (χ0) is 23.6. The maximum atomic E-state index is 13.6. The lowest BCUT2D eigenvalue weighted by Crippen LogP contribution is -2.54. The molecule has 178 valence electrons. The van der Waals surface area contributed by atoms with Gasteiger partial charge < -0.3 is 14.5 Å². The molecule has 1 aromatic heterocycles. The molecule has 8 heteroatoms. The molecular weight excluding hydrogens is 436 g/mol. The molecule has 0 radical (unpaired) electrons. The number of thiazole rings is 1. The van der Waals surface area contributed by atoms with E-state index in [-0.39, 0.29) is 23.8 Å². The molecule has 3 heterocycles. The Morgan fingerprint density at radius 2 is 1.91 bits per heavy atom. The van der Waals surface area contributed by atoms with Crippen molar-refractivity contribution in [3.05, 3.63) is 52.0 Å². The average Bonchev–Trinajstić information content (AvgIpc) is 3.15. The second-order valence-electron chi connectivity index (χ2n) is 9.94. The van der Waals surface area contributed by atoms with Crippen molar-refractivity contribution in [3.63, 3.8) is 0 Å². The van der Waals surface area contributed by atoms with Gasteiger partial charge in [0.25, 0.3) is 5.91 Å². The van der Waals surface area contributed by atoms with Crippen LogP contribution in [0.5, 0.6) is 0 Å². The third kappa shape index (κ3) is 5.45. The third-order valence-corrected chi connectivity index (χ3v) is 7.66. The van der Waals surface area contributed by atoms with Crippen LogP contribution in [-0.2, 0) is 26.3 Å². The highest BCUT2D eigenvalue weighted by Crippen LogP contribution is 2.30. The molecule has 0 N–H and O–H groups in total. The number of carbonyl (C=O) groups is 2. The molecule has 2 amide bonds. The van der Waals surface area contributed by atoms with Gasteiger partial charge in [-0.15, -0.1) is 11.3 Å². The number of hydrogen-bond acceptors (Lipinski definition) is 6. The first kappa shape index (κ1) is 23.9. The largest absolute Gasteiger partial charge is 0.356 e. The predicted octanol–water partition coefficient (Wildman–Crippen LogP) is 3.07. The van der Waals surface area contributed by atoms with E-state index >= 15 is 0 Å². The fourth-order valence-electron chi connectivity index (χ4n) is 4.45. The van der Waals surface area contributed by atoms with Crippen LogP contribution in [0.15, 0.2) is 35.7 Å². The number of carbonyl (C=O) groups excluding carboxylic acids is 2. The van der Waals surface area contributed by atoms with Gasteiger partial charge in [0.05, 0.1) is 16.7 Å². The molecule has 0 spiro atoms. The van der Waals surface area contributed by atoms with Gasteiger partial charge in [-0.25, -0.2) is 4.98 Å². The topological polar surface area (TPSA) is 66.0 Å². The highest BCUT2D eigenvalue weighted by Gasteiger charge is 2.42. The zero-order valence-electron chi connectivity index (χ0n) is 20.0. The summed E-state index contributed by atoms with van der Waals surface area (Å²) in [5.41, 5.74) is 2.08. The second-order valence-corrected chi connectivity index (χ2v) is 10.8. The van der Waals surface area contributed by atoms with Gasteiger partial charge >= 0.3 is 0 Å². The van der Waals surface area contributed by atoms with Gasteiger partial charge in [0.1, 0.15) is 6.61 Å². The number of aromatic nitrogens is 1. The minimum absolute atomic E-state index is 0.0336. The highest BCUT2D eigenvalue weighted by molar-refractivity contribution is 7.09. The lowest BCUT2D eigenvalue weighted by molar-refractivity contribution is -0.167. The Labute approximate surface area is 200 Å². The molecule has 0 bridgehead atoms. The highest BCUT2D eigenvalue weighted by atomic mass is 32.1. The van der Waals surface area contributed by atoms with Crippen molar-refractivity contribution < 1.29 is 14.3 Å². The summed E-state index contributed by atoms with van der Waals surface area (Å²) in [6.45, 7) is 10.4. The lowest BCUT2D eigenvalue weighted by atomic mass is 9.97. The molecule has 2 aliphatic heterocycles. The van der Waals surface area contributed by atoms with Gasteiger partial charge in [0, 0.05) is 50.6 Å². The van der Waals surface area contributed by atoms with Crippen molar-refractivity contribution in [2.75, 3.05) is 39.8 Å². The van der Waals surface area contributed by atoms with E-state index in [9.17, 15) is 9.59 Å². The summed E-state index contributed by atoms with van der Waals surface area (Å²) in [5, 5.41) is 3.31. The first-order chi connectivity index (χ1) is 15.7. The monoisotopic (exact) mass is 470 g/mol. The van der Waals surface area contributed by atoms with Crippen molar-refractivity contribution in [2.24, 2.45) is 0 Å². The minimum atomic E-state index is -0.686. The van der Waals surface area contributed by atoms with Gasteiger partial charge in [-0.3, -0.25) is 14.5 Å². The molecule has 1 aromatic carbocycles. The van der Waals surface area contributed by atoms with Crippen LogP contribution in [0.25, 0.3) is 0 Å². The van der Waals surface area contributed by atoms with Crippen molar-refractivity contribution in [1.82, 2.24) is 19.7 Å². The van der Waals surface area contributed by atoms with Crippen molar-refractivity contribution in [2.45, 2.75) is 51.3 Å². The third-order valence-electron chi connectivity index (χ3n) is 6.35. The van der Waals surface area contributed by atoms with Crippen LogP contribution in [0.2, 0.25) is 0 Å². The standard InChI is InChI=1S/C25H34N4O3S/c1-25(2,3)24-26-19(17-33-24)15-28-11-8-12-29(14-13-28)23(31)22-21(18-9-6-5-7-10-18)27(4)20(30)16-32-22/h5-7,9-10,17,21-22H,8,11-16H2,1-4H3. The fourth-order valence-corrected chi connectivity index (χ4v) is 5.35. The van der Waals surface area contributed by atoms with E-state index in [2.05, 4.69) is 31.1 Å². The number of hydrogen-bond donors (Lipinski definition) is 0. The summed E-state index contributed by atoms with van der Waals surface area (Å²) >= 11 is 1.72. The summed E-state index contributed by atoms with van der Waals surface area (Å²) in [7, 11) is 1.76. The quantitative estimate of drug-likeness (QED) is 0.687. The van der Waals surface area contributed by atoms with E-state index in [0.717, 1.165) is 42.3 Å². The van der Waals surface area contributed by atoms with Crippen LogP contribution in [0.3, 0.4) is 0 Å². The Morgan fingerprint density at radius 3 is 2.61 bits per heavy atom. The molecular formula is C25H34N4O3S. The number of benzene rings is 1. The summed E-state index contributed by atoms with van der Waals surface area (Å²) in [5.74, 6) is -0.137. The maximum Gasteiger partial charge on any atom is 0.254 e. The molecule has 2 fully saturated rings. The van der Waals surface area contributed by atoms with Gasteiger partial charge in [-0.05, 0) is 12.0 Å². The van der Waals surface area contributed by atoms with Crippen molar-refractivity contribution >= 4 is 23.2 Å². The zero-order valence-corrected chi connectivity index (χ0v) is 20.8. The Kier molecular flexibility index (Phi) is 7.16. The van der Waals surface area contributed by atoms with Gasteiger partial charge in [0.2, 0.25) is 5.91 Å². The lowest BCUT2D eigenvalue weighted by Gasteiger charge is -2.40. The molecule has 2 aromatic rings. The molecule has 2 unspecified atom stereocenters. The minimum Gasteiger partial charge on any atom is -0.356 e. The van der Waals surface area contributed by atoms with E-state index in [1.165, 1.54) is 0 Å². The second kappa shape index (κ2) is 9.91. The van der Waals surface area contributed by atoms with Gasteiger partial charge in [-0.1, -0.05) is 51.1 Å². The first-order valence-electron chi connectivity index (χ1n) is 11.6. The van der Waals surface area contributed by atoms with Crippen LogP contribution in [0.4, 0.5) is 0 Å². The van der Waals surface area contributed by atoms with Crippen LogP contribution in [0, 0.1) is 0 Å². The smallest absolute Gasteiger partial charge is 0.254 e. The van der Waals surface area contributed by atoms with Crippen LogP contribution in [0.1, 0.15) is 49.5 Å². The summed E-state index contributed by atoms with van der Waals surface area (Å²) in [4.78, 5) is 36.6. The molecule has 0 aliphatic carbocycles. The van der Waals surface area contributed by atoms with Crippen LogP contribution < -0.4 is 0 Å². The Balaban J connectivity index is 1.42. The number of ether oxygens (including phenoxy) is 1. The fraction of sp³-hybridized carbons (Fsp3) is 0.560. The van der Waals surface area contributed by atoms with E-state index < -0.39 is 12.1 Å². The van der Waals surface area contributed by atoms with Gasteiger partial charge in [0.15, 0.2) is 6.10 Å². The number of morpholine rings is 1. The van der Waals surface area contributed by atoms with E-state index in [4.69, 9.17) is 9.72 Å². The number of amides is 2. The summed E-state index contributed by atoms with van der Waals surface area (Å²) in [6, 6.07) is 9.28. The molecule has 2 aliphatic rings. The molecule has 7 nitrogen and oxygen atoms in total. The summed E-state index contributed by atoms with van der Waals surface area (Å²) in [6.07, 6.45) is 0.217. The predicted molar refractivity (Wildman–Crippen MR) is 129 cm³/mol. The first-order valence-corrected chi connectivity index (χ1v) is 12.5. The number of nitrogens with zero attached hydrogens (tertiary/aromatic N) is 4. The molecule has 0 saturated carbocycles. The van der Waals surface area contributed by atoms with Crippen molar-refractivity contribution in [1.29, 1.82) is 0 Å². The average molecular weight is 471 g/mol. The Hall–Kier alpha value is -2.29. The number of likely N-dealkylation sites (N-methyl/N-ethyl adjacent to an activating group) is 1. The molecule has 2 saturated heterocycles. The van der Waals surface area contributed by atoms with Gasteiger partial charge in [-0.2, -0.15) is 0 Å². The van der Waals surface area contributed by atoms with Crippen LogP contribution >= 0.6 is 11.3 Å². The van der Waals surface area contributed by atoms with E-state index in [1.54, 1.807) is 23.3 Å². The normalized spacial score (nSPS) is 23.0. The SMILES string of the molecule is CN1C(=O)COC(C(=O)N2CCCN(Cc3csc(C(C)(C)C)n3)CC2)C1c1ccccc1. The van der Waals surface area contributed by atoms with Crippen LogP contribution in [-0.4, -0.2) is 77.4 Å². The van der Waals surface area contributed by atoms with Crippen molar-refractivity contribution in [3.8, 4) is 0 Å². The van der Waals surface area contributed by atoms with E-state index in [1.807, 2.05) is 35.2 Å². The maximum absolute atomic E-state index is 13.6. The molecule has 33 heavy (non-hydrogen) atoms. The van der Waals surface area contributed by atoms with E-state index in [0.29, 0.717) is 13.1 Å². The number of rotatable bonds is 4.